The summed E-state index contributed by atoms with van der Waals surface area (Å²) in [4.78, 5) is 21.8. The summed E-state index contributed by atoms with van der Waals surface area (Å²) in [5, 5.41) is 2.53. The number of anilines is 2. The van der Waals surface area contributed by atoms with Gasteiger partial charge >= 0.3 is 0 Å². The number of aldehydes is 1. The lowest BCUT2D eigenvalue weighted by molar-refractivity contribution is -0.113. The Morgan fingerprint density at radius 3 is 2.83 bits per heavy atom. The van der Waals surface area contributed by atoms with Crippen molar-refractivity contribution in [2.45, 2.75) is 6.10 Å². The molecule has 1 aromatic rings. The zero-order valence-electron chi connectivity index (χ0n) is 9.76. The standard InChI is InChI=1S/C12H15N3O3/c1-2-12(17)15-11-5-8(3-4-10(11)14)18-9(6-13)7-16/h2-5,7,9H,1,6,13-14H2,(H,15,17). The van der Waals surface area contributed by atoms with Gasteiger partial charge in [-0.25, -0.2) is 0 Å². The van der Waals surface area contributed by atoms with Crippen LogP contribution in [0.5, 0.6) is 5.75 Å². The number of hydrogen-bond acceptors (Lipinski definition) is 5. The van der Waals surface area contributed by atoms with E-state index in [1.807, 2.05) is 0 Å². The number of rotatable bonds is 6. The number of hydrogen-bond donors (Lipinski definition) is 3. The van der Waals surface area contributed by atoms with Gasteiger partial charge in [-0.05, 0) is 18.2 Å². The second-order valence-electron chi connectivity index (χ2n) is 3.47. The van der Waals surface area contributed by atoms with Gasteiger partial charge in [-0.3, -0.25) is 9.59 Å². The molecular formula is C12H15N3O3. The molecule has 0 saturated heterocycles. The quantitative estimate of drug-likeness (QED) is 0.382. The first-order valence-electron chi connectivity index (χ1n) is 5.25. The predicted octanol–water partition coefficient (Wildman–Crippen LogP) is 0.298. The molecule has 1 rings (SSSR count). The third kappa shape index (κ3) is 3.60. The zero-order valence-corrected chi connectivity index (χ0v) is 9.76. The molecule has 18 heavy (non-hydrogen) atoms. The Hall–Kier alpha value is -2.34. The third-order valence-electron chi connectivity index (χ3n) is 2.14. The van der Waals surface area contributed by atoms with Gasteiger partial charge in [0.1, 0.15) is 5.75 Å². The number of nitrogens with two attached hydrogens (primary N) is 2. The van der Waals surface area contributed by atoms with Gasteiger partial charge in [-0.2, -0.15) is 0 Å². The third-order valence-corrected chi connectivity index (χ3v) is 2.14. The van der Waals surface area contributed by atoms with Gasteiger partial charge in [0.2, 0.25) is 5.91 Å². The van der Waals surface area contributed by atoms with Crippen LogP contribution in [0, 0.1) is 0 Å². The minimum absolute atomic E-state index is 0.0717. The average Bonchev–Trinajstić information content (AvgIpc) is 2.39. The van der Waals surface area contributed by atoms with Crippen molar-refractivity contribution in [1.29, 1.82) is 0 Å². The normalized spacial score (nSPS) is 11.4. The smallest absolute Gasteiger partial charge is 0.247 e. The average molecular weight is 249 g/mol. The van der Waals surface area contributed by atoms with Crippen LogP contribution in [0.4, 0.5) is 11.4 Å². The fourth-order valence-corrected chi connectivity index (χ4v) is 1.21. The van der Waals surface area contributed by atoms with Crippen LogP contribution in [-0.2, 0) is 9.59 Å². The van der Waals surface area contributed by atoms with E-state index in [1.165, 1.54) is 6.07 Å². The molecule has 1 amide bonds. The SMILES string of the molecule is C=CC(=O)Nc1cc(OC(C=O)CN)ccc1N. The van der Waals surface area contributed by atoms with E-state index < -0.39 is 6.10 Å². The van der Waals surface area contributed by atoms with Gasteiger partial charge in [0.25, 0.3) is 0 Å². The molecular weight excluding hydrogens is 234 g/mol. The van der Waals surface area contributed by atoms with Gasteiger partial charge in [0.05, 0.1) is 11.4 Å². The van der Waals surface area contributed by atoms with Gasteiger partial charge in [-0.15, -0.1) is 0 Å². The van der Waals surface area contributed by atoms with Crippen LogP contribution in [0.15, 0.2) is 30.9 Å². The Bertz CT molecular complexity index is 460. The lowest BCUT2D eigenvalue weighted by Gasteiger charge is -2.13. The summed E-state index contributed by atoms with van der Waals surface area (Å²) in [5.41, 5.74) is 11.8. The van der Waals surface area contributed by atoms with E-state index in [4.69, 9.17) is 16.2 Å². The summed E-state index contributed by atoms with van der Waals surface area (Å²) in [6, 6.07) is 4.67. The molecule has 0 radical (unpaired) electrons. The summed E-state index contributed by atoms with van der Waals surface area (Å²) < 4.78 is 5.30. The molecule has 6 nitrogen and oxygen atoms in total. The molecule has 0 fully saturated rings. The molecule has 1 unspecified atom stereocenters. The molecule has 5 N–H and O–H groups in total. The molecule has 0 aliphatic heterocycles. The Balaban J connectivity index is 2.89. The molecule has 96 valence electrons. The first kappa shape index (κ1) is 13.7. The van der Waals surface area contributed by atoms with Gasteiger partial charge in [-0.1, -0.05) is 6.58 Å². The van der Waals surface area contributed by atoms with E-state index in [1.54, 1.807) is 12.1 Å². The van der Waals surface area contributed by atoms with Crippen molar-refractivity contribution >= 4 is 23.6 Å². The fourth-order valence-electron chi connectivity index (χ4n) is 1.21. The maximum absolute atomic E-state index is 11.2. The number of benzene rings is 1. The summed E-state index contributed by atoms with van der Waals surface area (Å²) in [7, 11) is 0. The van der Waals surface area contributed by atoms with Crippen LogP contribution in [0.3, 0.4) is 0 Å². The van der Waals surface area contributed by atoms with Crippen molar-refractivity contribution in [2.75, 3.05) is 17.6 Å². The molecule has 0 bridgehead atoms. The lowest BCUT2D eigenvalue weighted by atomic mass is 10.2. The summed E-state index contributed by atoms with van der Waals surface area (Å²) >= 11 is 0. The first-order valence-corrected chi connectivity index (χ1v) is 5.25. The molecule has 0 aliphatic rings. The largest absolute Gasteiger partial charge is 0.482 e. The van der Waals surface area contributed by atoms with E-state index in [-0.39, 0.29) is 12.5 Å². The molecule has 1 atom stereocenters. The van der Waals surface area contributed by atoms with E-state index in [0.717, 1.165) is 6.08 Å². The van der Waals surface area contributed by atoms with Crippen molar-refractivity contribution in [1.82, 2.24) is 0 Å². The van der Waals surface area contributed by atoms with Crippen molar-refractivity contribution in [3.8, 4) is 5.75 Å². The van der Waals surface area contributed by atoms with Crippen LogP contribution in [0.25, 0.3) is 0 Å². The second-order valence-corrected chi connectivity index (χ2v) is 3.47. The highest BCUT2D eigenvalue weighted by Crippen LogP contribution is 2.25. The van der Waals surface area contributed by atoms with Crippen LogP contribution in [0.2, 0.25) is 0 Å². The molecule has 0 saturated carbocycles. The van der Waals surface area contributed by atoms with Gasteiger partial charge < -0.3 is 21.5 Å². The highest BCUT2D eigenvalue weighted by Gasteiger charge is 2.09. The van der Waals surface area contributed by atoms with Gasteiger partial charge in [0, 0.05) is 12.6 Å². The lowest BCUT2D eigenvalue weighted by Crippen LogP contribution is -2.28. The number of nitrogens with one attached hydrogen (secondary N) is 1. The first-order chi connectivity index (χ1) is 8.60. The van der Waals surface area contributed by atoms with E-state index in [2.05, 4.69) is 11.9 Å². The van der Waals surface area contributed by atoms with Crippen LogP contribution < -0.4 is 21.5 Å². The second kappa shape index (κ2) is 6.41. The Morgan fingerprint density at radius 2 is 2.28 bits per heavy atom. The zero-order chi connectivity index (χ0) is 13.5. The molecule has 0 heterocycles. The molecule has 0 aliphatic carbocycles. The monoisotopic (exact) mass is 249 g/mol. The Kier molecular flexibility index (Phi) is 4.89. The molecule has 1 aromatic carbocycles. The Morgan fingerprint density at radius 1 is 1.56 bits per heavy atom. The fraction of sp³-hybridized carbons (Fsp3) is 0.167. The summed E-state index contributed by atoms with van der Waals surface area (Å²) in [6.07, 6.45) is 1.01. The van der Waals surface area contributed by atoms with Crippen LogP contribution in [0.1, 0.15) is 0 Å². The van der Waals surface area contributed by atoms with E-state index in [0.29, 0.717) is 23.4 Å². The number of nitrogen functional groups attached to an aromatic ring is 1. The van der Waals surface area contributed by atoms with E-state index >= 15 is 0 Å². The number of carbonyl (C=O) groups excluding carboxylic acids is 2. The van der Waals surface area contributed by atoms with Crippen molar-refractivity contribution in [2.24, 2.45) is 5.73 Å². The summed E-state index contributed by atoms with van der Waals surface area (Å²) in [5.74, 6) is 0.00993. The maximum atomic E-state index is 11.2. The van der Waals surface area contributed by atoms with Gasteiger partial charge in [0.15, 0.2) is 12.4 Å². The van der Waals surface area contributed by atoms with E-state index in [9.17, 15) is 9.59 Å². The topological polar surface area (TPSA) is 107 Å². The van der Waals surface area contributed by atoms with Crippen LogP contribution >= 0.6 is 0 Å². The minimum atomic E-state index is -0.725. The van der Waals surface area contributed by atoms with Crippen molar-refractivity contribution < 1.29 is 14.3 Å². The highest BCUT2D eigenvalue weighted by atomic mass is 16.5. The van der Waals surface area contributed by atoms with Crippen LogP contribution in [-0.4, -0.2) is 24.8 Å². The number of carbonyl (C=O) groups is 2. The van der Waals surface area contributed by atoms with Crippen molar-refractivity contribution in [3.05, 3.63) is 30.9 Å². The maximum Gasteiger partial charge on any atom is 0.247 e. The number of amides is 1. The predicted molar refractivity (Wildman–Crippen MR) is 69.2 cm³/mol. The highest BCUT2D eigenvalue weighted by molar-refractivity contribution is 6.01. The molecule has 6 heteroatoms. The Labute approximate surface area is 105 Å². The number of ether oxygens (including phenoxy) is 1. The van der Waals surface area contributed by atoms with Crippen molar-refractivity contribution in [3.63, 3.8) is 0 Å². The molecule has 0 aromatic heterocycles. The molecule has 0 spiro atoms. The summed E-state index contributed by atoms with van der Waals surface area (Å²) in [6.45, 7) is 3.41. The minimum Gasteiger partial charge on any atom is -0.482 e.